The summed E-state index contributed by atoms with van der Waals surface area (Å²) in [6.45, 7) is 6.12. The van der Waals surface area contributed by atoms with Crippen molar-refractivity contribution in [2.45, 2.75) is 39.8 Å². The summed E-state index contributed by atoms with van der Waals surface area (Å²) in [6.07, 6.45) is 0.258. The number of amides is 2. The molecular formula is C22H28N2O3. The topological polar surface area (TPSA) is 58.6 Å². The fourth-order valence-electron chi connectivity index (χ4n) is 3.21. The van der Waals surface area contributed by atoms with Crippen molar-refractivity contribution in [1.29, 1.82) is 0 Å². The fraction of sp³-hybridized carbons (Fsp3) is 0.364. The summed E-state index contributed by atoms with van der Waals surface area (Å²) in [5.41, 5.74) is 4.11. The number of carbonyl (C=O) groups is 2. The van der Waals surface area contributed by atoms with E-state index in [0.717, 1.165) is 28.0 Å². The van der Waals surface area contributed by atoms with Crippen LogP contribution in [0.15, 0.2) is 42.5 Å². The van der Waals surface area contributed by atoms with Crippen molar-refractivity contribution in [2.24, 2.45) is 0 Å². The third kappa shape index (κ3) is 5.58. The third-order valence-electron chi connectivity index (χ3n) is 4.54. The molecule has 2 aromatic carbocycles. The van der Waals surface area contributed by atoms with E-state index in [1.54, 1.807) is 26.0 Å². The molecule has 2 amide bonds. The van der Waals surface area contributed by atoms with Gasteiger partial charge in [-0.3, -0.25) is 9.59 Å². The Bertz CT molecular complexity index is 797. The van der Waals surface area contributed by atoms with Crippen LogP contribution in [-0.4, -0.2) is 36.9 Å². The summed E-state index contributed by atoms with van der Waals surface area (Å²) < 4.78 is 5.27. The predicted molar refractivity (Wildman–Crippen MR) is 107 cm³/mol. The number of carbonyl (C=O) groups excluding carboxylic acids is 2. The zero-order valence-corrected chi connectivity index (χ0v) is 16.7. The molecule has 0 aliphatic carbocycles. The van der Waals surface area contributed by atoms with Gasteiger partial charge >= 0.3 is 0 Å². The molecule has 0 saturated heterocycles. The molecule has 5 nitrogen and oxygen atoms in total. The first-order chi connectivity index (χ1) is 12.8. The molecule has 144 valence electrons. The van der Waals surface area contributed by atoms with Crippen LogP contribution in [0.2, 0.25) is 0 Å². The highest BCUT2D eigenvalue weighted by Crippen LogP contribution is 2.18. The van der Waals surface area contributed by atoms with Gasteiger partial charge in [0.05, 0.1) is 13.5 Å². The molecule has 1 atom stereocenters. The van der Waals surface area contributed by atoms with E-state index < -0.39 is 6.04 Å². The minimum absolute atomic E-state index is 0.0843. The van der Waals surface area contributed by atoms with Crippen LogP contribution in [0.25, 0.3) is 0 Å². The molecule has 0 spiro atoms. The van der Waals surface area contributed by atoms with Crippen LogP contribution in [0.1, 0.15) is 29.2 Å². The van der Waals surface area contributed by atoms with Gasteiger partial charge in [0.1, 0.15) is 11.8 Å². The van der Waals surface area contributed by atoms with Gasteiger partial charge in [-0.1, -0.05) is 41.5 Å². The van der Waals surface area contributed by atoms with Gasteiger partial charge in [0.25, 0.3) is 0 Å². The first kappa shape index (κ1) is 20.5. The quantitative estimate of drug-likeness (QED) is 0.817. The van der Waals surface area contributed by atoms with Crippen LogP contribution < -0.4 is 10.1 Å². The lowest BCUT2D eigenvalue weighted by molar-refractivity contribution is -0.139. The predicted octanol–water partition coefficient (Wildman–Crippen LogP) is 3.02. The van der Waals surface area contributed by atoms with E-state index in [-0.39, 0.29) is 18.2 Å². The SMILES string of the molecule is CNC(=O)C(C)N(Cc1cccc(OC)c1)C(=O)Cc1cc(C)cc(C)c1. The molecule has 2 rings (SSSR count). The third-order valence-corrected chi connectivity index (χ3v) is 4.54. The van der Waals surface area contributed by atoms with Gasteiger partial charge in [-0.15, -0.1) is 0 Å². The zero-order chi connectivity index (χ0) is 20.0. The van der Waals surface area contributed by atoms with Gasteiger partial charge in [0, 0.05) is 13.6 Å². The van der Waals surface area contributed by atoms with Crippen LogP contribution in [0, 0.1) is 13.8 Å². The van der Waals surface area contributed by atoms with Crippen LogP contribution in [0.3, 0.4) is 0 Å². The number of hydrogen-bond donors (Lipinski definition) is 1. The second-order valence-electron chi connectivity index (χ2n) is 6.84. The van der Waals surface area contributed by atoms with E-state index in [1.807, 2.05) is 50.2 Å². The average molecular weight is 368 g/mol. The maximum Gasteiger partial charge on any atom is 0.242 e. The smallest absolute Gasteiger partial charge is 0.242 e. The molecule has 0 aliphatic rings. The van der Waals surface area contributed by atoms with E-state index in [0.29, 0.717) is 6.54 Å². The molecule has 1 N–H and O–H groups in total. The molecule has 27 heavy (non-hydrogen) atoms. The Kier molecular flexibility index (Phi) is 6.99. The van der Waals surface area contributed by atoms with Gasteiger partial charge in [-0.05, 0) is 44.0 Å². The van der Waals surface area contributed by atoms with Crippen molar-refractivity contribution >= 4 is 11.8 Å². The van der Waals surface area contributed by atoms with E-state index in [4.69, 9.17) is 4.74 Å². The lowest BCUT2D eigenvalue weighted by atomic mass is 10.0. The second-order valence-corrected chi connectivity index (χ2v) is 6.84. The normalized spacial score (nSPS) is 11.6. The van der Waals surface area contributed by atoms with Gasteiger partial charge < -0.3 is 15.0 Å². The summed E-state index contributed by atoms with van der Waals surface area (Å²) in [4.78, 5) is 26.9. The van der Waals surface area contributed by atoms with E-state index in [2.05, 4.69) is 11.4 Å². The number of methoxy groups -OCH3 is 1. The summed E-state index contributed by atoms with van der Waals surface area (Å²) in [5.74, 6) is 0.451. The summed E-state index contributed by atoms with van der Waals surface area (Å²) in [6, 6.07) is 13.1. The Morgan fingerprint density at radius 1 is 1.07 bits per heavy atom. The number of aryl methyl sites for hydroxylation is 2. The van der Waals surface area contributed by atoms with Gasteiger partial charge in [-0.2, -0.15) is 0 Å². The van der Waals surface area contributed by atoms with Crippen molar-refractivity contribution in [2.75, 3.05) is 14.2 Å². The molecule has 0 aliphatic heterocycles. The second kappa shape index (κ2) is 9.21. The molecule has 1 unspecified atom stereocenters. The van der Waals surface area contributed by atoms with Crippen molar-refractivity contribution in [3.63, 3.8) is 0 Å². The Hall–Kier alpha value is -2.82. The monoisotopic (exact) mass is 368 g/mol. The number of benzene rings is 2. The molecule has 0 bridgehead atoms. The fourth-order valence-corrected chi connectivity index (χ4v) is 3.21. The molecule has 0 radical (unpaired) electrons. The molecule has 0 saturated carbocycles. The molecule has 0 aromatic heterocycles. The first-order valence-corrected chi connectivity index (χ1v) is 9.05. The number of hydrogen-bond acceptors (Lipinski definition) is 3. The average Bonchev–Trinajstić information content (AvgIpc) is 2.64. The maximum atomic E-state index is 13.1. The van der Waals surface area contributed by atoms with Crippen LogP contribution in [-0.2, 0) is 22.6 Å². The van der Waals surface area contributed by atoms with Gasteiger partial charge in [-0.25, -0.2) is 0 Å². The highest BCUT2D eigenvalue weighted by atomic mass is 16.5. The summed E-state index contributed by atoms with van der Waals surface area (Å²) in [7, 11) is 3.19. The molecule has 0 fully saturated rings. The molecule has 0 heterocycles. The first-order valence-electron chi connectivity index (χ1n) is 9.05. The van der Waals surface area contributed by atoms with E-state index in [1.165, 1.54) is 0 Å². The highest BCUT2D eigenvalue weighted by molar-refractivity contribution is 5.88. The maximum absolute atomic E-state index is 13.1. The number of likely N-dealkylation sites (N-methyl/N-ethyl adjacent to an activating group) is 1. The minimum Gasteiger partial charge on any atom is -0.497 e. The van der Waals surface area contributed by atoms with Gasteiger partial charge in [0.2, 0.25) is 11.8 Å². The lowest BCUT2D eigenvalue weighted by Gasteiger charge is -2.28. The summed E-state index contributed by atoms with van der Waals surface area (Å²) >= 11 is 0. The number of nitrogens with one attached hydrogen (secondary N) is 1. The van der Waals surface area contributed by atoms with Crippen LogP contribution in [0.5, 0.6) is 5.75 Å². The zero-order valence-electron chi connectivity index (χ0n) is 16.7. The molecule has 2 aromatic rings. The van der Waals surface area contributed by atoms with Crippen molar-refractivity contribution in [1.82, 2.24) is 10.2 Å². The largest absolute Gasteiger partial charge is 0.497 e. The van der Waals surface area contributed by atoms with E-state index in [9.17, 15) is 9.59 Å². The minimum atomic E-state index is -0.570. The molecular weight excluding hydrogens is 340 g/mol. The van der Waals surface area contributed by atoms with E-state index >= 15 is 0 Å². The lowest BCUT2D eigenvalue weighted by Crippen LogP contribution is -2.47. The highest BCUT2D eigenvalue weighted by Gasteiger charge is 2.25. The van der Waals surface area contributed by atoms with Gasteiger partial charge in [0.15, 0.2) is 0 Å². The Balaban J connectivity index is 2.27. The number of rotatable bonds is 7. The van der Waals surface area contributed by atoms with Crippen molar-refractivity contribution in [3.8, 4) is 5.75 Å². The Morgan fingerprint density at radius 2 is 1.74 bits per heavy atom. The van der Waals surface area contributed by atoms with Crippen LogP contribution >= 0.6 is 0 Å². The standard InChI is InChI=1S/C22H28N2O3/c1-15-9-16(2)11-19(10-15)13-21(25)24(17(3)22(26)23-4)14-18-7-6-8-20(12-18)27-5/h6-12,17H,13-14H2,1-5H3,(H,23,26). The summed E-state index contributed by atoms with van der Waals surface area (Å²) in [5, 5.41) is 2.63. The molecule has 5 heteroatoms. The van der Waals surface area contributed by atoms with Crippen LogP contribution in [0.4, 0.5) is 0 Å². The Labute approximate surface area is 161 Å². The van der Waals surface area contributed by atoms with Crippen molar-refractivity contribution < 1.29 is 14.3 Å². The van der Waals surface area contributed by atoms with Crippen molar-refractivity contribution in [3.05, 3.63) is 64.7 Å². The number of ether oxygens (including phenoxy) is 1. The number of nitrogens with zero attached hydrogens (tertiary/aromatic N) is 1. The Morgan fingerprint density at radius 3 is 2.33 bits per heavy atom.